The minimum atomic E-state index is -1.05. The van der Waals surface area contributed by atoms with Gasteiger partial charge in [0.25, 0.3) is 0 Å². The van der Waals surface area contributed by atoms with E-state index in [1.807, 2.05) is 30.3 Å². The summed E-state index contributed by atoms with van der Waals surface area (Å²) < 4.78 is 5.07. The normalized spacial score (nSPS) is 21.1. The van der Waals surface area contributed by atoms with E-state index in [1.54, 1.807) is 0 Å². The molecule has 1 aliphatic rings. The van der Waals surface area contributed by atoms with Crippen molar-refractivity contribution >= 4 is 5.97 Å². The summed E-state index contributed by atoms with van der Waals surface area (Å²) in [4.78, 5) is 11.6. The molecule has 2 N–H and O–H groups in total. The van der Waals surface area contributed by atoms with Crippen molar-refractivity contribution in [2.24, 2.45) is 0 Å². The highest BCUT2D eigenvalue weighted by atomic mass is 16.5. The maximum atomic E-state index is 11.6. The van der Waals surface area contributed by atoms with Crippen LogP contribution in [0.4, 0.5) is 0 Å². The number of aliphatic hydroxyl groups is 1. The lowest BCUT2D eigenvalue weighted by Crippen LogP contribution is -2.41. The fourth-order valence-electron chi connectivity index (χ4n) is 1.96. The van der Waals surface area contributed by atoms with Crippen molar-refractivity contribution in [2.45, 2.75) is 31.6 Å². The zero-order chi connectivity index (χ0) is 12.1. The molecule has 1 aliphatic heterocycles. The number of benzene rings is 1. The van der Waals surface area contributed by atoms with E-state index in [9.17, 15) is 9.90 Å². The summed E-state index contributed by atoms with van der Waals surface area (Å²) in [7, 11) is 0. The summed E-state index contributed by atoms with van der Waals surface area (Å²) in [6.07, 6.45) is 0.760. The van der Waals surface area contributed by atoms with Gasteiger partial charge in [0.05, 0.1) is 0 Å². The second kappa shape index (κ2) is 5.80. The summed E-state index contributed by atoms with van der Waals surface area (Å²) in [6, 6.07) is 9.29. The maximum absolute atomic E-state index is 11.6. The molecule has 17 heavy (non-hydrogen) atoms. The van der Waals surface area contributed by atoms with Gasteiger partial charge in [0.15, 0.2) is 6.10 Å². The number of nitrogens with one attached hydrogen (secondary N) is 1. The monoisotopic (exact) mass is 235 g/mol. The SMILES string of the molecule is O=C(OCc1ccccc1)[C@H](O)[C@H]1CCCN1. The van der Waals surface area contributed by atoms with E-state index in [0.717, 1.165) is 24.9 Å². The number of hydrogen-bond donors (Lipinski definition) is 2. The summed E-state index contributed by atoms with van der Waals surface area (Å²) >= 11 is 0. The van der Waals surface area contributed by atoms with Gasteiger partial charge in [0.2, 0.25) is 0 Å². The zero-order valence-corrected chi connectivity index (χ0v) is 9.63. The molecule has 0 spiro atoms. The molecule has 4 nitrogen and oxygen atoms in total. The average Bonchev–Trinajstić information content (AvgIpc) is 2.90. The van der Waals surface area contributed by atoms with Crippen LogP contribution >= 0.6 is 0 Å². The fourth-order valence-corrected chi connectivity index (χ4v) is 1.96. The Bertz CT molecular complexity index is 360. The molecule has 0 saturated carbocycles. The number of aliphatic hydroxyl groups excluding tert-OH is 1. The molecule has 0 unspecified atom stereocenters. The molecule has 0 radical (unpaired) electrons. The van der Waals surface area contributed by atoms with Gasteiger partial charge in [-0.05, 0) is 24.9 Å². The minimum absolute atomic E-state index is 0.154. The van der Waals surface area contributed by atoms with Crippen LogP contribution in [0.3, 0.4) is 0 Å². The lowest BCUT2D eigenvalue weighted by atomic mass is 10.1. The molecule has 0 bridgehead atoms. The first-order valence-corrected chi connectivity index (χ1v) is 5.89. The third-order valence-corrected chi connectivity index (χ3v) is 2.94. The van der Waals surface area contributed by atoms with Crippen LogP contribution in [0.2, 0.25) is 0 Å². The van der Waals surface area contributed by atoms with Crippen LogP contribution in [0, 0.1) is 0 Å². The largest absolute Gasteiger partial charge is 0.459 e. The predicted molar refractivity (Wildman–Crippen MR) is 63.3 cm³/mol. The van der Waals surface area contributed by atoms with E-state index in [4.69, 9.17) is 4.74 Å². The molecular formula is C13H17NO3. The van der Waals surface area contributed by atoms with E-state index in [2.05, 4.69) is 5.32 Å². The summed E-state index contributed by atoms with van der Waals surface area (Å²) in [5, 5.41) is 12.8. The number of hydrogen-bond acceptors (Lipinski definition) is 4. The Morgan fingerprint density at radius 3 is 2.88 bits per heavy atom. The molecular weight excluding hydrogens is 218 g/mol. The molecule has 0 aromatic heterocycles. The highest BCUT2D eigenvalue weighted by Gasteiger charge is 2.29. The van der Waals surface area contributed by atoms with Gasteiger partial charge in [-0.3, -0.25) is 0 Å². The van der Waals surface area contributed by atoms with Crippen molar-refractivity contribution in [3.63, 3.8) is 0 Å². The van der Waals surface area contributed by atoms with Crippen LogP contribution in [0.5, 0.6) is 0 Å². The number of ether oxygens (including phenoxy) is 1. The molecule has 1 fully saturated rings. The highest BCUT2D eigenvalue weighted by molar-refractivity contribution is 5.75. The molecule has 4 heteroatoms. The third kappa shape index (κ3) is 3.28. The van der Waals surface area contributed by atoms with E-state index >= 15 is 0 Å². The van der Waals surface area contributed by atoms with E-state index in [-0.39, 0.29) is 12.6 Å². The zero-order valence-electron chi connectivity index (χ0n) is 9.63. The second-order valence-corrected chi connectivity index (χ2v) is 4.24. The first kappa shape index (κ1) is 12.1. The Labute approximate surface area is 101 Å². The van der Waals surface area contributed by atoms with Gasteiger partial charge in [-0.1, -0.05) is 30.3 Å². The highest BCUT2D eigenvalue weighted by Crippen LogP contribution is 2.11. The molecule has 0 amide bonds. The summed E-state index contributed by atoms with van der Waals surface area (Å²) in [6.45, 7) is 1.07. The number of carbonyl (C=O) groups is 1. The summed E-state index contributed by atoms with van der Waals surface area (Å²) in [5.74, 6) is -0.548. The standard InChI is InChI=1S/C13H17NO3/c15-12(11-7-4-8-14-11)13(16)17-9-10-5-2-1-3-6-10/h1-3,5-6,11-12,14-15H,4,7-9H2/t11-,12-/m1/s1. The molecule has 0 aliphatic carbocycles. The van der Waals surface area contributed by atoms with Gasteiger partial charge < -0.3 is 15.2 Å². The van der Waals surface area contributed by atoms with Gasteiger partial charge in [-0.25, -0.2) is 4.79 Å². The van der Waals surface area contributed by atoms with Crippen molar-refractivity contribution in [3.05, 3.63) is 35.9 Å². The maximum Gasteiger partial charge on any atom is 0.336 e. The number of carbonyl (C=O) groups excluding carboxylic acids is 1. The van der Waals surface area contributed by atoms with E-state index in [0.29, 0.717) is 0 Å². The van der Waals surface area contributed by atoms with Gasteiger partial charge >= 0.3 is 5.97 Å². The van der Waals surface area contributed by atoms with Crippen LogP contribution in [0.1, 0.15) is 18.4 Å². The Balaban J connectivity index is 1.80. The number of esters is 1. The van der Waals surface area contributed by atoms with Gasteiger partial charge in [-0.2, -0.15) is 0 Å². The van der Waals surface area contributed by atoms with Crippen molar-refractivity contribution in [3.8, 4) is 0 Å². The van der Waals surface area contributed by atoms with Crippen LogP contribution in [-0.4, -0.2) is 29.8 Å². The Morgan fingerprint density at radius 2 is 2.24 bits per heavy atom. The molecule has 2 rings (SSSR count). The molecule has 1 heterocycles. The lowest BCUT2D eigenvalue weighted by molar-refractivity contribution is -0.156. The quantitative estimate of drug-likeness (QED) is 0.759. The Morgan fingerprint density at radius 1 is 1.47 bits per heavy atom. The third-order valence-electron chi connectivity index (χ3n) is 2.94. The molecule has 2 atom stereocenters. The van der Waals surface area contributed by atoms with E-state index in [1.165, 1.54) is 0 Å². The first-order valence-electron chi connectivity index (χ1n) is 5.89. The van der Waals surface area contributed by atoms with Crippen LogP contribution in [0.15, 0.2) is 30.3 Å². The van der Waals surface area contributed by atoms with Gasteiger partial charge in [0.1, 0.15) is 6.61 Å². The lowest BCUT2D eigenvalue weighted by Gasteiger charge is -2.16. The topological polar surface area (TPSA) is 58.6 Å². The molecule has 92 valence electrons. The van der Waals surface area contributed by atoms with Gasteiger partial charge in [-0.15, -0.1) is 0 Å². The van der Waals surface area contributed by atoms with Crippen molar-refractivity contribution in [2.75, 3.05) is 6.54 Å². The van der Waals surface area contributed by atoms with Crippen molar-refractivity contribution in [1.29, 1.82) is 0 Å². The Kier molecular flexibility index (Phi) is 4.12. The Hall–Kier alpha value is -1.39. The van der Waals surface area contributed by atoms with Crippen LogP contribution in [0.25, 0.3) is 0 Å². The molecule has 1 saturated heterocycles. The minimum Gasteiger partial charge on any atom is -0.459 e. The smallest absolute Gasteiger partial charge is 0.336 e. The van der Waals surface area contributed by atoms with Crippen LogP contribution < -0.4 is 5.32 Å². The van der Waals surface area contributed by atoms with Crippen LogP contribution in [-0.2, 0) is 16.1 Å². The predicted octanol–water partition coefficient (Wildman–Crippen LogP) is 0.843. The summed E-state index contributed by atoms with van der Waals surface area (Å²) in [5.41, 5.74) is 0.924. The fraction of sp³-hybridized carbons (Fsp3) is 0.462. The molecule has 1 aromatic rings. The van der Waals surface area contributed by atoms with Crippen molar-refractivity contribution < 1.29 is 14.6 Å². The van der Waals surface area contributed by atoms with E-state index < -0.39 is 12.1 Å². The van der Waals surface area contributed by atoms with Crippen molar-refractivity contribution in [1.82, 2.24) is 5.32 Å². The molecule has 1 aromatic carbocycles. The average molecular weight is 235 g/mol. The van der Waals surface area contributed by atoms with Gasteiger partial charge in [0, 0.05) is 6.04 Å². The second-order valence-electron chi connectivity index (χ2n) is 4.24. The number of rotatable bonds is 4. The first-order chi connectivity index (χ1) is 8.27.